The lowest BCUT2D eigenvalue weighted by Gasteiger charge is -2.36. The van der Waals surface area contributed by atoms with Crippen LogP contribution < -0.4 is 10.6 Å². The molecule has 0 spiro atoms. The molecule has 0 atom stereocenters. The third kappa shape index (κ3) is 3.29. The van der Waals surface area contributed by atoms with E-state index in [2.05, 4.69) is 10.6 Å². The van der Waals surface area contributed by atoms with E-state index in [1.807, 2.05) is 0 Å². The van der Waals surface area contributed by atoms with Crippen molar-refractivity contribution in [2.45, 2.75) is 25.4 Å². The number of carbonyl (C=O) groups excluding carboxylic acids is 2. The standard InChI is InChI=1S/C15H14ClF3N2O2/c16-11-5-12-8(4-13(22)21-12)3-10(11)14(23)20-6-7-1-9(2-7)15(17,18)19/h3,5,7,9H,1-2,4,6H2,(H,20,23)(H,21,22). The van der Waals surface area contributed by atoms with Crippen LogP contribution in [0.4, 0.5) is 18.9 Å². The molecule has 1 aromatic carbocycles. The second kappa shape index (κ2) is 5.70. The summed E-state index contributed by atoms with van der Waals surface area (Å²) < 4.78 is 37.2. The average molecular weight is 347 g/mol. The molecule has 1 heterocycles. The molecule has 1 aliphatic carbocycles. The molecule has 0 unspecified atom stereocenters. The van der Waals surface area contributed by atoms with Gasteiger partial charge >= 0.3 is 6.18 Å². The summed E-state index contributed by atoms with van der Waals surface area (Å²) in [5.74, 6) is -2.03. The molecule has 1 aromatic rings. The normalized spacial score (nSPS) is 23.0. The highest BCUT2D eigenvalue weighted by atomic mass is 35.5. The first-order valence-electron chi connectivity index (χ1n) is 7.21. The summed E-state index contributed by atoms with van der Waals surface area (Å²) in [6.45, 7) is 0.190. The van der Waals surface area contributed by atoms with Crippen LogP contribution >= 0.6 is 11.6 Å². The van der Waals surface area contributed by atoms with Crippen molar-refractivity contribution in [1.82, 2.24) is 5.32 Å². The predicted molar refractivity (Wildman–Crippen MR) is 78.4 cm³/mol. The summed E-state index contributed by atoms with van der Waals surface area (Å²) in [4.78, 5) is 23.5. The summed E-state index contributed by atoms with van der Waals surface area (Å²) in [5.41, 5.74) is 1.50. The van der Waals surface area contributed by atoms with Gasteiger partial charge in [0, 0.05) is 12.2 Å². The van der Waals surface area contributed by atoms with E-state index >= 15 is 0 Å². The number of fused-ring (bicyclic) bond motifs is 1. The fraction of sp³-hybridized carbons (Fsp3) is 0.467. The summed E-state index contributed by atoms with van der Waals surface area (Å²) in [6, 6.07) is 3.06. The van der Waals surface area contributed by atoms with E-state index < -0.39 is 18.0 Å². The van der Waals surface area contributed by atoms with Crippen LogP contribution in [0.2, 0.25) is 5.02 Å². The lowest BCUT2D eigenvalue weighted by molar-refractivity contribution is -0.203. The number of carbonyl (C=O) groups is 2. The maximum atomic E-state index is 12.4. The van der Waals surface area contributed by atoms with Crippen molar-refractivity contribution in [3.05, 3.63) is 28.3 Å². The molecule has 4 nitrogen and oxygen atoms in total. The zero-order chi connectivity index (χ0) is 16.8. The van der Waals surface area contributed by atoms with Crippen LogP contribution in [0.1, 0.15) is 28.8 Å². The Morgan fingerprint density at radius 3 is 2.70 bits per heavy atom. The monoisotopic (exact) mass is 346 g/mol. The van der Waals surface area contributed by atoms with Crippen LogP contribution in [0.25, 0.3) is 0 Å². The molecule has 1 aliphatic heterocycles. The molecule has 2 N–H and O–H groups in total. The molecule has 8 heteroatoms. The lowest BCUT2D eigenvalue weighted by atomic mass is 9.74. The number of benzene rings is 1. The van der Waals surface area contributed by atoms with Crippen molar-refractivity contribution < 1.29 is 22.8 Å². The van der Waals surface area contributed by atoms with E-state index in [0.717, 1.165) is 0 Å². The van der Waals surface area contributed by atoms with Gasteiger partial charge in [-0.2, -0.15) is 13.2 Å². The first-order valence-corrected chi connectivity index (χ1v) is 7.59. The van der Waals surface area contributed by atoms with Crippen molar-refractivity contribution in [2.75, 3.05) is 11.9 Å². The van der Waals surface area contributed by atoms with Gasteiger partial charge in [0.15, 0.2) is 0 Å². The predicted octanol–water partition coefficient (Wildman–Crippen LogP) is 3.15. The molecular weight excluding hydrogens is 333 g/mol. The Morgan fingerprint density at radius 1 is 1.35 bits per heavy atom. The number of alkyl halides is 3. The molecule has 3 rings (SSSR count). The number of hydrogen-bond donors (Lipinski definition) is 2. The maximum absolute atomic E-state index is 12.4. The topological polar surface area (TPSA) is 58.2 Å². The molecular formula is C15H14ClF3N2O2. The van der Waals surface area contributed by atoms with Gasteiger partial charge in [-0.05, 0) is 36.5 Å². The SMILES string of the molecule is O=C1Cc2cc(C(=O)NCC3CC(C(F)(F)F)C3)c(Cl)cc2N1. The van der Waals surface area contributed by atoms with Gasteiger partial charge in [0.1, 0.15) is 0 Å². The highest BCUT2D eigenvalue weighted by molar-refractivity contribution is 6.34. The summed E-state index contributed by atoms with van der Waals surface area (Å²) in [5, 5.41) is 5.45. The third-order valence-electron chi connectivity index (χ3n) is 4.31. The number of rotatable bonds is 3. The fourth-order valence-electron chi connectivity index (χ4n) is 2.92. The van der Waals surface area contributed by atoms with Crippen molar-refractivity contribution in [1.29, 1.82) is 0 Å². The van der Waals surface area contributed by atoms with Crippen LogP contribution in [0.15, 0.2) is 12.1 Å². The van der Waals surface area contributed by atoms with Crippen LogP contribution in [-0.2, 0) is 11.2 Å². The Hall–Kier alpha value is -1.76. The number of amides is 2. The number of halogens is 4. The molecule has 0 radical (unpaired) electrons. The minimum atomic E-state index is -4.15. The van der Waals surface area contributed by atoms with Gasteiger partial charge in [-0.25, -0.2) is 0 Å². The molecule has 2 aliphatic rings. The minimum absolute atomic E-state index is 0.0418. The van der Waals surface area contributed by atoms with E-state index in [4.69, 9.17) is 11.6 Å². The van der Waals surface area contributed by atoms with Crippen LogP contribution in [0.3, 0.4) is 0 Å². The summed E-state index contributed by atoms with van der Waals surface area (Å²) in [6.07, 6.45) is -3.88. The van der Waals surface area contributed by atoms with E-state index in [1.165, 1.54) is 6.07 Å². The molecule has 1 saturated carbocycles. The van der Waals surface area contributed by atoms with E-state index in [9.17, 15) is 22.8 Å². The second-order valence-corrected chi connectivity index (χ2v) is 6.41. The average Bonchev–Trinajstić information content (AvgIpc) is 2.73. The Labute approximate surface area is 135 Å². The first kappa shape index (κ1) is 16.1. The quantitative estimate of drug-likeness (QED) is 0.883. The van der Waals surface area contributed by atoms with Gasteiger partial charge in [0.2, 0.25) is 5.91 Å². The van der Waals surface area contributed by atoms with Crippen LogP contribution in [0, 0.1) is 11.8 Å². The maximum Gasteiger partial charge on any atom is 0.391 e. The van der Waals surface area contributed by atoms with Gasteiger partial charge in [-0.1, -0.05) is 11.6 Å². The van der Waals surface area contributed by atoms with E-state index in [0.29, 0.717) is 11.3 Å². The van der Waals surface area contributed by atoms with Crippen molar-refractivity contribution in [2.24, 2.45) is 11.8 Å². The Kier molecular flexibility index (Phi) is 4.00. The molecule has 1 fully saturated rings. The summed E-state index contributed by atoms with van der Waals surface area (Å²) in [7, 11) is 0. The smallest absolute Gasteiger partial charge is 0.352 e. The van der Waals surface area contributed by atoms with Crippen molar-refractivity contribution >= 4 is 29.1 Å². The highest BCUT2D eigenvalue weighted by Gasteiger charge is 2.47. The number of anilines is 1. The van der Waals surface area contributed by atoms with Gasteiger partial charge in [-0.3, -0.25) is 9.59 Å². The molecule has 0 bridgehead atoms. The number of hydrogen-bond acceptors (Lipinski definition) is 2. The fourth-order valence-corrected chi connectivity index (χ4v) is 3.17. The van der Waals surface area contributed by atoms with Gasteiger partial charge < -0.3 is 10.6 Å². The zero-order valence-corrected chi connectivity index (χ0v) is 12.7. The Bertz CT molecular complexity index is 669. The third-order valence-corrected chi connectivity index (χ3v) is 4.63. The molecule has 0 saturated heterocycles. The van der Waals surface area contributed by atoms with Gasteiger partial charge in [0.25, 0.3) is 5.91 Å². The molecule has 0 aromatic heterocycles. The van der Waals surface area contributed by atoms with Gasteiger partial charge in [0.05, 0.1) is 22.9 Å². The summed E-state index contributed by atoms with van der Waals surface area (Å²) >= 11 is 6.04. The zero-order valence-electron chi connectivity index (χ0n) is 12.0. The molecule has 23 heavy (non-hydrogen) atoms. The largest absolute Gasteiger partial charge is 0.391 e. The second-order valence-electron chi connectivity index (χ2n) is 6.00. The van der Waals surface area contributed by atoms with E-state index in [1.54, 1.807) is 6.07 Å². The molecule has 2 amide bonds. The first-order chi connectivity index (χ1) is 10.7. The Morgan fingerprint density at radius 2 is 2.04 bits per heavy atom. The van der Waals surface area contributed by atoms with Gasteiger partial charge in [-0.15, -0.1) is 0 Å². The lowest BCUT2D eigenvalue weighted by Crippen LogP contribution is -2.41. The number of nitrogens with one attached hydrogen (secondary N) is 2. The van der Waals surface area contributed by atoms with Crippen LogP contribution in [-0.4, -0.2) is 24.5 Å². The van der Waals surface area contributed by atoms with Crippen molar-refractivity contribution in [3.8, 4) is 0 Å². The molecule has 124 valence electrons. The highest BCUT2D eigenvalue weighted by Crippen LogP contribution is 2.44. The Balaban J connectivity index is 1.58. The van der Waals surface area contributed by atoms with Crippen molar-refractivity contribution in [3.63, 3.8) is 0 Å². The minimum Gasteiger partial charge on any atom is -0.352 e. The van der Waals surface area contributed by atoms with Crippen LogP contribution in [0.5, 0.6) is 0 Å². The van der Waals surface area contributed by atoms with E-state index in [-0.39, 0.29) is 48.2 Å².